The fourth-order valence-electron chi connectivity index (χ4n) is 1.63. The first-order chi connectivity index (χ1) is 9.04. The molecule has 0 saturated carbocycles. The van der Waals surface area contributed by atoms with E-state index in [1.165, 1.54) is 6.92 Å². The molecule has 2 rings (SSSR count). The summed E-state index contributed by atoms with van der Waals surface area (Å²) in [5.74, 6) is -0.426. The minimum atomic E-state index is -0.250. The van der Waals surface area contributed by atoms with Gasteiger partial charge in [-0.15, -0.1) is 0 Å². The van der Waals surface area contributed by atoms with Crippen LogP contribution in [0.3, 0.4) is 0 Å². The van der Waals surface area contributed by atoms with E-state index in [4.69, 9.17) is 0 Å². The number of nitrogens with zero attached hydrogens (tertiary/aromatic N) is 2. The molecule has 1 heterocycles. The molecule has 2 amide bonds. The second-order valence-electron chi connectivity index (χ2n) is 4.12. The second-order valence-corrected chi connectivity index (χ2v) is 4.12. The van der Waals surface area contributed by atoms with E-state index >= 15 is 0 Å². The van der Waals surface area contributed by atoms with Crippen molar-refractivity contribution in [3.8, 4) is 0 Å². The van der Waals surface area contributed by atoms with Crippen molar-refractivity contribution >= 4 is 23.2 Å². The monoisotopic (exact) mass is 258 g/mol. The van der Waals surface area contributed by atoms with Gasteiger partial charge in [0.05, 0.1) is 11.9 Å². The smallest absolute Gasteiger partial charge is 0.255 e. The van der Waals surface area contributed by atoms with Crippen LogP contribution < -0.4 is 10.6 Å². The van der Waals surface area contributed by atoms with Gasteiger partial charge in [0.2, 0.25) is 5.91 Å². The number of carbonyl (C=O) groups excluding carboxylic acids is 2. The molecule has 2 N–H and O–H groups in total. The summed E-state index contributed by atoms with van der Waals surface area (Å²) in [5.41, 5.74) is 1.68. The first kappa shape index (κ1) is 12.8. The topological polar surface area (TPSA) is 76.0 Å². The molecule has 0 spiro atoms. The molecule has 1 aromatic carbocycles. The predicted molar refractivity (Wildman–Crippen MR) is 71.9 cm³/mol. The molecule has 0 radical (unpaired) electrons. The van der Waals surface area contributed by atoms with Gasteiger partial charge >= 0.3 is 0 Å². The highest BCUT2D eigenvalue weighted by Gasteiger charge is 2.08. The number of amides is 2. The summed E-state index contributed by atoms with van der Waals surface area (Å²) in [6.45, 7) is 1.42. The van der Waals surface area contributed by atoms with Crippen molar-refractivity contribution in [2.45, 2.75) is 6.92 Å². The Hall–Kier alpha value is -2.63. The Kier molecular flexibility index (Phi) is 3.61. The van der Waals surface area contributed by atoms with E-state index in [-0.39, 0.29) is 11.8 Å². The Bertz CT molecular complexity index is 619. The average Bonchev–Trinajstić information content (AvgIpc) is 2.74. The van der Waals surface area contributed by atoms with Crippen molar-refractivity contribution in [2.24, 2.45) is 7.05 Å². The average molecular weight is 258 g/mol. The number of hydrogen-bond acceptors (Lipinski definition) is 3. The van der Waals surface area contributed by atoms with E-state index in [0.29, 0.717) is 16.9 Å². The van der Waals surface area contributed by atoms with Crippen molar-refractivity contribution in [1.29, 1.82) is 0 Å². The molecule has 0 aliphatic carbocycles. The lowest BCUT2D eigenvalue weighted by atomic mass is 10.2. The molecule has 2 aromatic rings. The summed E-state index contributed by atoms with van der Waals surface area (Å²) in [6.07, 6.45) is 3.27. The van der Waals surface area contributed by atoms with Gasteiger partial charge in [0.25, 0.3) is 5.91 Å². The van der Waals surface area contributed by atoms with Gasteiger partial charge < -0.3 is 10.6 Å². The Morgan fingerprint density at radius 3 is 2.63 bits per heavy atom. The molecule has 0 unspecified atom stereocenters. The minimum Gasteiger partial charge on any atom is -0.326 e. The number of anilines is 2. The van der Waals surface area contributed by atoms with Crippen LogP contribution in [0, 0.1) is 0 Å². The zero-order valence-electron chi connectivity index (χ0n) is 10.7. The van der Waals surface area contributed by atoms with Crippen molar-refractivity contribution in [3.63, 3.8) is 0 Å². The maximum atomic E-state index is 12.0. The molecule has 0 aliphatic heterocycles. The predicted octanol–water partition coefficient (Wildman–Crippen LogP) is 1.63. The van der Waals surface area contributed by atoms with Crippen LogP contribution >= 0.6 is 0 Å². The summed E-state index contributed by atoms with van der Waals surface area (Å²) >= 11 is 0. The van der Waals surface area contributed by atoms with Crippen LogP contribution in [0.15, 0.2) is 36.7 Å². The summed E-state index contributed by atoms with van der Waals surface area (Å²) in [6, 6.07) is 6.73. The van der Waals surface area contributed by atoms with Gasteiger partial charge in [0.15, 0.2) is 0 Å². The normalized spacial score (nSPS) is 10.0. The molecular formula is C13H14N4O2. The molecule has 6 nitrogen and oxygen atoms in total. The Morgan fingerprint density at radius 2 is 2.00 bits per heavy atom. The molecule has 98 valence electrons. The van der Waals surface area contributed by atoms with Gasteiger partial charge in [-0.1, -0.05) is 6.07 Å². The largest absolute Gasteiger partial charge is 0.326 e. The third kappa shape index (κ3) is 3.41. The Balaban J connectivity index is 2.12. The van der Waals surface area contributed by atoms with Gasteiger partial charge in [-0.3, -0.25) is 14.3 Å². The fourth-order valence-corrected chi connectivity index (χ4v) is 1.63. The first-order valence-electron chi connectivity index (χ1n) is 5.72. The molecule has 1 aromatic heterocycles. The van der Waals surface area contributed by atoms with Crippen LogP contribution in [-0.2, 0) is 11.8 Å². The molecule has 0 fully saturated rings. The zero-order chi connectivity index (χ0) is 13.8. The fraction of sp³-hybridized carbons (Fsp3) is 0.154. The van der Waals surface area contributed by atoms with Crippen molar-refractivity contribution in [1.82, 2.24) is 9.78 Å². The van der Waals surface area contributed by atoms with Crippen LogP contribution in [0.4, 0.5) is 11.4 Å². The van der Waals surface area contributed by atoms with Crippen LogP contribution in [0.2, 0.25) is 0 Å². The van der Waals surface area contributed by atoms with E-state index in [1.54, 1.807) is 48.4 Å². The van der Waals surface area contributed by atoms with Crippen molar-refractivity contribution in [2.75, 3.05) is 10.6 Å². The first-order valence-corrected chi connectivity index (χ1v) is 5.72. The molecular weight excluding hydrogens is 244 g/mol. The third-order valence-electron chi connectivity index (χ3n) is 2.41. The number of hydrogen-bond donors (Lipinski definition) is 2. The molecule has 0 aliphatic rings. The highest BCUT2D eigenvalue weighted by atomic mass is 16.2. The maximum absolute atomic E-state index is 12.0. The van der Waals surface area contributed by atoms with Crippen LogP contribution in [0.1, 0.15) is 17.3 Å². The van der Waals surface area contributed by atoms with Crippen molar-refractivity contribution in [3.05, 3.63) is 42.2 Å². The Labute approximate surface area is 110 Å². The summed E-state index contributed by atoms with van der Waals surface area (Å²) in [4.78, 5) is 23.0. The molecule has 19 heavy (non-hydrogen) atoms. The lowest BCUT2D eigenvalue weighted by Gasteiger charge is -2.05. The van der Waals surface area contributed by atoms with Gasteiger partial charge in [-0.25, -0.2) is 0 Å². The van der Waals surface area contributed by atoms with Crippen LogP contribution in [-0.4, -0.2) is 21.6 Å². The molecule has 0 saturated heterocycles. The van der Waals surface area contributed by atoms with E-state index in [9.17, 15) is 9.59 Å². The highest BCUT2D eigenvalue weighted by Crippen LogP contribution is 2.13. The lowest BCUT2D eigenvalue weighted by molar-refractivity contribution is -0.114. The number of aryl methyl sites for hydroxylation is 1. The van der Waals surface area contributed by atoms with Gasteiger partial charge in [-0.2, -0.15) is 5.10 Å². The van der Waals surface area contributed by atoms with E-state index in [2.05, 4.69) is 15.7 Å². The highest BCUT2D eigenvalue weighted by molar-refractivity contribution is 6.05. The maximum Gasteiger partial charge on any atom is 0.255 e. The van der Waals surface area contributed by atoms with E-state index < -0.39 is 0 Å². The number of benzene rings is 1. The number of rotatable bonds is 3. The third-order valence-corrected chi connectivity index (χ3v) is 2.41. The Morgan fingerprint density at radius 1 is 1.21 bits per heavy atom. The molecule has 0 atom stereocenters. The summed E-state index contributed by atoms with van der Waals surface area (Å²) < 4.78 is 1.60. The van der Waals surface area contributed by atoms with Gasteiger partial charge in [0.1, 0.15) is 0 Å². The van der Waals surface area contributed by atoms with Gasteiger partial charge in [0, 0.05) is 31.4 Å². The van der Waals surface area contributed by atoms with Crippen molar-refractivity contribution < 1.29 is 9.59 Å². The number of nitrogens with one attached hydrogen (secondary N) is 2. The lowest BCUT2D eigenvalue weighted by Crippen LogP contribution is -2.12. The number of aromatic nitrogens is 2. The SMILES string of the molecule is CC(=O)Nc1cccc(C(=O)Nc2cnn(C)c2)c1. The van der Waals surface area contributed by atoms with Crippen LogP contribution in [0.25, 0.3) is 0 Å². The van der Waals surface area contributed by atoms with E-state index in [0.717, 1.165) is 0 Å². The molecule has 0 bridgehead atoms. The standard InChI is InChI=1S/C13H14N4O2/c1-9(18)15-11-5-3-4-10(6-11)13(19)16-12-7-14-17(2)8-12/h3-8H,1-2H3,(H,15,18)(H,16,19). The zero-order valence-corrected chi connectivity index (χ0v) is 10.7. The minimum absolute atomic E-state index is 0.176. The summed E-state index contributed by atoms with van der Waals surface area (Å²) in [7, 11) is 1.77. The number of carbonyl (C=O) groups is 2. The summed E-state index contributed by atoms with van der Waals surface area (Å²) in [5, 5.41) is 9.32. The van der Waals surface area contributed by atoms with Gasteiger partial charge in [-0.05, 0) is 18.2 Å². The van der Waals surface area contributed by atoms with E-state index in [1.807, 2.05) is 0 Å². The molecule has 6 heteroatoms. The van der Waals surface area contributed by atoms with Crippen LogP contribution in [0.5, 0.6) is 0 Å². The quantitative estimate of drug-likeness (QED) is 0.878. The second kappa shape index (κ2) is 5.34.